The van der Waals surface area contributed by atoms with E-state index < -0.39 is 10.5 Å². The third-order valence-electron chi connectivity index (χ3n) is 4.09. The summed E-state index contributed by atoms with van der Waals surface area (Å²) in [5.41, 5.74) is -0.117. The second-order valence-corrected chi connectivity index (χ2v) is 6.10. The van der Waals surface area contributed by atoms with Gasteiger partial charge in [-0.05, 0) is 43.7 Å². The Labute approximate surface area is 123 Å². The van der Waals surface area contributed by atoms with Crippen LogP contribution in [0.3, 0.4) is 0 Å². The van der Waals surface area contributed by atoms with Gasteiger partial charge in [0.15, 0.2) is 0 Å². The Morgan fingerprint density at radius 1 is 1.50 bits per heavy atom. The molecule has 0 aromatic heterocycles. The van der Waals surface area contributed by atoms with Crippen LogP contribution in [0.1, 0.15) is 32.6 Å². The monoisotopic (exact) mass is 298 g/mol. The Hall–Kier alpha value is -1.33. The molecule has 2 rings (SSSR count). The normalized spacial score (nSPS) is 26.2. The van der Waals surface area contributed by atoms with Crippen LogP contribution in [-0.4, -0.2) is 22.2 Å². The van der Waals surface area contributed by atoms with Gasteiger partial charge in [-0.15, -0.1) is 0 Å². The molecule has 1 aromatic rings. The lowest BCUT2D eigenvalue weighted by atomic mass is 9.77. The number of rotatable bonds is 4. The number of nitro groups is 1. The van der Waals surface area contributed by atoms with E-state index in [4.69, 9.17) is 11.6 Å². The molecule has 1 aromatic carbocycles. The molecule has 0 aliphatic heterocycles. The maximum absolute atomic E-state index is 11.1. The van der Waals surface area contributed by atoms with Gasteiger partial charge in [0.25, 0.3) is 5.69 Å². The summed E-state index contributed by atoms with van der Waals surface area (Å²) in [7, 11) is 0. The Kier molecular flexibility index (Phi) is 4.50. The number of hydrogen-bond donors (Lipinski definition) is 2. The van der Waals surface area contributed by atoms with Gasteiger partial charge in [-0.3, -0.25) is 10.1 Å². The zero-order chi connectivity index (χ0) is 14.8. The lowest BCUT2D eigenvalue weighted by Crippen LogP contribution is -2.45. The Morgan fingerprint density at radius 3 is 2.70 bits per heavy atom. The highest BCUT2D eigenvalue weighted by Gasteiger charge is 2.35. The molecule has 1 aliphatic rings. The van der Waals surface area contributed by atoms with Crippen LogP contribution in [0.5, 0.6) is 0 Å². The van der Waals surface area contributed by atoms with Crippen molar-refractivity contribution in [2.45, 2.75) is 38.1 Å². The summed E-state index contributed by atoms with van der Waals surface area (Å²) in [5.74, 6) is 0.630. The van der Waals surface area contributed by atoms with Crippen LogP contribution in [0.4, 0.5) is 11.4 Å². The first-order chi connectivity index (χ1) is 9.46. The van der Waals surface area contributed by atoms with E-state index in [1.54, 1.807) is 6.07 Å². The average molecular weight is 299 g/mol. The van der Waals surface area contributed by atoms with Crippen molar-refractivity contribution >= 4 is 23.0 Å². The van der Waals surface area contributed by atoms with Gasteiger partial charge in [-0.2, -0.15) is 0 Å². The van der Waals surface area contributed by atoms with Crippen molar-refractivity contribution in [3.05, 3.63) is 33.3 Å². The van der Waals surface area contributed by atoms with Gasteiger partial charge in [0.05, 0.1) is 17.1 Å². The molecule has 20 heavy (non-hydrogen) atoms. The highest BCUT2D eigenvalue weighted by atomic mass is 35.5. The molecule has 0 bridgehead atoms. The minimum absolute atomic E-state index is 0.0131. The van der Waals surface area contributed by atoms with Crippen LogP contribution < -0.4 is 5.32 Å². The number of halogens is 1. The summed E-state index contributed by atoms with van der Waals surface area (Å²) in [4.78, 5) is 10.6. The van der Waals surface area contributed by atoms with Gasteiger partial charge in [0, 0.05) is 11.1 Å². The molecule has 0 unspecified atom stereocenters. The number of nitro benzene ring substituents is 1. The number of aliphatic hydroxyl groups excluding tert-OH is 1. The van der Waals surface area contributed by atoms with Gasteiger partial charge in [-0.25, -0.2) is 0 Å². The van der Waals surface area contributed by atoms with E-state index in [2.05, 4.69) is 12.2 Å². The van der Waals surface area contributed by atoms with Crippen molar-refractivity contribution in [3.63, 3.8) is 0 Å². The standard InChI is InChI=1S/C14H19ClN2O3/c1-10-4-6-14(9-18,7-5-10)16-12-8-11(15)2-3-13(12)17(19)20/h2-3,8,10,16,18H,4-7,9H2,1H3. The van der Waals surface area contributed by atoms with Crippen LogP contribution in [0.2, 0.25) is 5.02 Å². The van der Waals surface area contributed by atoms with E-state index in [9.17, 15) is 15.2 Å². The maximum Gasteiger partial charge on any atom is 0.292 e. The van der Waals surface area contributed by atoms with Gasteiger partial charge >= 0.3 is 0 Å². The van der Waals surface area contributed by atoms with Crippen LogP contribution in [0.25, 0.3) is 0 Å². The van der Waals surface area contributed by atoms with Crippen LogP contribution >= 0.6 is 11.6 Å². The molecule has 6 heteroatoms. The van der Waals surface area contributed by atoms with E-state index in [0.717, 1.165) is 25.7 Å². The number of nitrogens with one attached hydrogen (secondary N) is 1. The van der Waals surface area contributed by atoms with Crippen molar-refractivity contribution < 1.29 is 10.0 Å². The quantitative estimate of drug-likeness (QED) is 0.658. The first kappa shape index (κ1) is 15.1. The van der Waals surface area contributed by atoms with E-state index in [1.165, 1.54) is 12.1 Å². The molecule has 0 heterocycles. The minimum atomic E-state index is -0.484. The van der Waals surface area contributed by atoms with Crippen molar-refractivity contribution in [1.82, 2.24) is 0 Å². The Morgan fingerprint density at radius 2 is 2.15 bits per heavy atom. The first-order valence-corrected chi connectivity index (χ1v) is 7.16. The maximum atomic E-state index is 11.1. The molecule has 0 spiro atoms. The lowest BCUT2D eigenvalue weighted by molar-refractivity contribution is -0.384. The van der Waals surface area contributed by atoms with Gasteiger partial charge < -0.3 is 10.4 Å². The molecule has 1 saturated carbocycles. The predicted octanol–water partition coefficient (Wildman–Crippen LogP) is 3.60. The number of nitrogens with zero attached hydrogens (tertiary/aromatic N) is 1. The number of hydrogen-bond acceptors (Lipinski definition) is 4. The zero-order valence-corrected chi connectivity index (χ0v) is 12.2. The molecule has 0 atom stereocenters. The van der Waals surface area contributed by atoms with Crippen LogP contribution in [0, 0.1) is 16.0 Å². The van der Waals surface area contributed by atoms with E-state index >= 15 is 0 Å². The molecule has 1 aliphatic carbocycles. The van der Waals surface area contributed by atoms with Gasteiger partial charge in [-0.1, -0.05) is 18.5 Å². The third kappa shape index (κ3) is 3.22. The van der Waals surface area contributed by atoms with Crippen molar-refractivity contribution in [2.75, 3.05) is 11.9 Å². The highest BCUT2D eigenvalue weighted by molar-refractivity contribution is 6.31. The zero-order valence-electron chi connectivity index (χ0n) is 11.4. The molecule has 0 amide bonds. The van der Waals surface area contributed by atoms with Gasteiger partial charge in [0.2, 0.25) is 0 Å². The summed E-state index contributed by atoms with van der Waals surface area (Å²) < 4.78 is 0. The molecule has 110 valence electrons. The smallest absolute Gasteiger partial charge is 0.292 e. The third-order valence-corrected chi connectivity index (χ3v) is 4.32. The Balaban J connectivity index is 2.27. The summed E-state index contributed by atoms with van der Waals surface area (Å²) >= 11 is 5.93. The van der Waals surface area contributed by atoms with Gasteiger partial charge in [0.1, 0.15) is 5.69 Å². The number of anilines is 1. The molecule has 2 N–H and O–H groups in total. The molecule has 1 fully saturated rings. The molecule has 0 radical (unpaired) electrons. The lowest BCUT2D eigenvalue weighted by Gasteiger charge is -2.39. The van der Waals surface area contributed by atoms with Crippen molar-refractivity contribution in [2.24, 2.45) is 5.92 Å². The summed E-state index contributed by atoms with van der Waals surface area (Å²) in [6, 6.07) is 4.44. The van der Waals surface area contributed by atoms with Crippen molar-refractivity contribution in [3.8, 4) is 0 Å². The Bertz CT molecular complexity index is 499. The van der Waals surface area contributed by atoms with Crippen LogP contribution in [0.15, 0.2) is 18.2 Å². The number of aliphatic hydroxyl groups is 1. The average Bonchev–Trinajstić information content (AvgIpc) is 2.41. The number of benzene rings is 1. The minimum Gasteiger partial charge on any atom is -0.394 e. The summed E-state index contributed by atoms with van der Waals surface area (Å²) in [5, 5.41) is 24.4. The SMILES string of the molecule is CC1CCC(CO)(Nc2cc(Cl)ccc2[N+](=O)[O-])CC1. The molecular weight excluding hydrogens is 280 g/mol. The summed E-state index contributed by atoms with van der Waals surface area (Å²) in [6.45, 7) is 2.15. The summed E-state index contributed by atoms with van der Waals surface area (Å²) in [6.07, 6.45) is 3.60. The predicted molar refractivity (Wildman–Crippen MR) is 79.2 cm³/mol. The first-order valence-electron chi connectivity index (χ1n) is 6.79. The fourth-order valence-corrected chi connectivity index (χ4v) is 2.86. The van der Waals surface area contributed by atoms with E-state index in [0.29, 0.717) is 16.6 Å². The van der Waals surface area contributed by atoms with Crippen LogP contribution in [-0.2, 0) is 0 Å². The van der Waals surface area contributed by atoms with Crippen molar-refractivity contribution in [1.29, 1.82) is 0 Å². The fraction of sp³-hybridized carbons (Fsp3) is 0.571. The second kappa shape index (κ2) is 5.97. The fourth-order valence-electron chi connectivity index (χ4n) is 2.69. The molecule has 5 nitrogen and oxygen atoms in total. The van der Waals surface area contributed by atoms with E-state index in [-0.39, 0.29) is 12.3 Å². The molecular formula is C14H19ClN2O3. The molecule has 0 saturated heterocycles. The van der Waals surface area contributed by atoms with E-state index in [1.807, 2.05) is 0 Å². The highest BCUT2D eigenvalue weighted by Crippen LogP contribution is 2.37. The second-order valence-electron chi connectivity index (χ2n) is 5.66. The topological polar surface area (TPSA) is 75.4 Å². The largest absolute Gasteiger partial charge is 0.394 e.